The van der Waals surface area contributed by atoms with Crippen LogP contribution in [0.2, 0.25) is 5.02 Å². The molecule has 0 spiro atoms. The predicted molar refractivity (Wildman–Crippen MR) is 57.8 cm³/mol. The van der Waals surface area contributed by atoms with Crippen LogP contribution >= 0.6 is 11.6 Å². The zero-order valence-electron chi connectivity index (χ0n) is 7.97. The maximum Gasteiger partial charge on any atom is 0.0408 e. The van der Waals surface area contributed by atoms with Crippen LogP contribution in [0.1, 0.15) is 19.4 Å². The first kappa shape index (κ1) is 10.2. The standard InChI is InChI=1S/C12H13Cl/c1-3-5-10(2)8-11-6-4-7-12(13)9-11/h4,6-7,9-10H,8H2,1-2H3. The van der Waals surface area contributed by atoms with Gasteiger partial charge in [-0.05, 0) is 31.0 Å². The highest BCUT2D eigenvalue weighted by atomic mass is 35.5. The van der Waals surface area contributed by atoms with Gasteiger partial charge in [0.2, 0.25) is 0 Å². The second kappa shape index (κ2) is 4.94. The van der Waals surface area contributed by atoms with Crippen LogP contribution in [0.3, 0.4) is 0 Å². The van der Waals surface area contributed by atoms with Crippen LogP contribution in [0.5, 0.6) is 0 Å². The van der Waals surface area contributed by atoms with E-state index in [1.54, 1.807) is 0 Å². The molecule has 1 aromatic rings. The molecule has 1 atom stereocenters. The van der Waals surface area contributed by atoms with Gasteiger partial charge in [-0.2, -0.15) is 0 Å². The highest BCUT2D eigenvalue weighted by molar-refractivity contribution is 6.30. The molecular weight excluding hydrogens is 180 g/mol. The molecule has 0 aliphatic rings. The molecule has 0 aliphatic carbocycles. The Morgan fingerprint density at radius 1 is 1.46 bits per heavy atom. The van der Waals surface area contributed by atoms with Crippen LogP contribution in [0.4, 0.5) is 0 Å². The Balaban J connectivity index is 2.67. The van der Waals surface area contributed by atoms with E-state index in [0.29, 0.717) is 5.92 Å². The monoisotopic (exact) mass is 192 g/mol. The Morgan fingerprint density at radius 2 is 2.23 bits per heavy atom. The SMILES string of the molecule is CC#CC(C)Cc1cccc(Cl)c1. The minimum absolute atomic E-state index is 0.406. The lowest BCUT2D eigenvalue weighted by Crippen LogP contribution is -1.95. The first-order chi connectivity index (χ1) is 6.22. The van der Waals surface area contributed by atoms with Gasteiger partial charge in [-0.3, -0.25) is 0 Å². The Kier molecular flexibility index (Phi) is 3.86. The second-order valence-electron chi connectivity index (χ2n) is 3.13. The minimum atomic E-state index is 0.406. The summed E-state index contributed by atoms with van der Waals surface area (Å²) in [4.78, 5) is 0. The first-order valence-corrected chi connectivity index (χ1v) is 4.77. The van der Waals surface area contributed by atoms with Gasteiger partial charge >= 0.3 is 0 Å². The third-order valence-corrected chi connectivity index (χ3v) is 2.06. The normalized spacial score (nSPS) is 11.6. The molecule has 0 aliphatic heterocycles. The number of halogens is 1. The molecule has 0 aromatic heterocycles. The predicted octanol–water partition coefficient (Wildman–Crippen LogP) is 3.54. The molecule has 0 fully saturated rings. The molecule has 0 radical (unpaired) electrons. The van der Waals surface area contributed by atoms with E-state index in [2.05, 4.69) is 24.8 Å². The van der Waals surface area contributed by atoms with Gasteiger partial charge in [0, 0.05) is 10.9 Å². The van der Waals surface area contributed by atoms with Gasteiger partial charge in [0.1, 0.15) is 0 Å². The lowest BCUT2D eigenvalue weighted by molar-refractivity contribution is 0.750. The van der Waals surface area contributed by atoms with E-state index in [1.165, 1.54) is 5.56 Å². The summed E-state index contributed by atoms with van der Waals surface area (Å²) in [6.07, 6.45) is 0.974. The zero-order valence-corrected chi connectivity index (χ0v) is 8.73. The number of hydrogen-bond donors (Lipinski definition) is 0. The summed E-state index contributed by atoms with van der Waals surface area (Å²) >= 11 is 5.87. The Bertz CT molecular complexity index is 330. The van der Waals surface area contributed by atoms with E-state index in [9.17, 15) is 0 Å². The quantitative estimate of drug-likeness (QED) is 0.629. The zero-order chi connectivity index (χ0) is 9.68. The molecule has 0 amide bonds. The lowest BCUT2D eigenvalue weighted by Gasteiger charge is -2.03. The van der Waals surface area contributed by atoms with Crippen LogP contribution in [-0.4, -0.2) is 0 Å². The van der Waals surface area contributed by atoms with Crippen molar-refractivity contribution in [2.24, 2.45) is 5.92 Å². The van der Waals surface area contributed by atoms with Crippen LogP contribution in [0.15, 0.2) is 24.3 Å². The highest BCUT2D eigenvalue weighted by Crippen LogP contribution is 2.13. The summed E-state index contributed by atoms with van der Waals surface area (Å²) in [6.45, 7) is 3.99. The molecule has 0 saturated heterocycles. The number of hydrogen-bond acceptors (Lipinski definition) is 0. The lowest BCUT2D eigenvalue weighted by atomic mass is 10.0. The van der Waals surface area contributed by atoms with Gasteiger partial charge < -0.3 is 0 Å². The molecule has 0 nitrogen and oxygen atoms in total. The van der Waals surface area contributed by atoms with E-state index in [1.807, 2.05) is 25.1 Å². The topological polar surface area (TPSA) is 0 Å². The number of benzene rings is 1. The molecule has 0 heterocycles. The average molecular weight is 193 g/mol. The Hall–Kier alpha value is -0.930. The van der Waals surface area contributed by atoms with Gasteiger partial charge in [0.25, 0.3) is 0 Å². The molecule has 0 bridgehead atoms. The van der Waals surface area contributed by atoms with Crippen molar-refractivity contribution in [1.29, 1.82) is 0 Å². The number of rotatable bonds is 2. The van der Waals surface area contributed by atoms with E-state index < -0.39 is 0 Å². The van der Waals surface area contributed by atoms with Crippen molar-refractivity contribution < 1.29 is 0 Å². The third kappa shape index (κ3) is 3.53. The van der Waals surface area contributed by atoms with Crippen LogP contribution < -0.4 is 0 Å². The molecule has 0 N–H and O–H groups in total. The van der Waals surface area contributed by atoms with Crippen molar-refractivity contribution in [1.82, 2.24) is 0 Å². The van der Waals surface area contributed by atoms with Gasteiger partial charge in [0.05, 0.1) is 0 Å². The van der Waals surface area contributed by atoms with Gasteiger partial charge in [-0.15, -0.1) is 11.8 Å². The molecule has 1 rings (SSSR count). The smallest absolute Gasteiger partial charge is 0.0408 e. The van der Waals surface area contributed by atoms with E-state index >= 15 is 0 Å². The van der Waals surface area contributed by atoms with Gasteiger partial charge in [-0.25, -0.2) is 0 Å². The summed E-state index contributed by atoms with van der Waals surface area (Å²) in [7, 11) is 0. The van der Waals surface area contributed by atoms with Crippen LogP contribution in [-0.2, 0) is 6.42 Å². The minimum Gasteiger partial charge on any atom is -0.106 e. The molecule has 0 saturated carbocycles. The molecule has 13 heavy (non-hydrogen) atoms. The van der Waals surface area contributed by atoms with Crippen molar-refractivity contribution in [3.8, 4) is 11.8 Å². The maximum absolute atomic E-state index is 5.87. The summed E-state index contributed by atoms with van der Waals surface area (Å²) < 4.78 is 0. The second-order valence-corrected chi connectivity index (χ2v) is 3.57. The van der Waals surface area contributed by atoms with Crippen LogP contribution in [0, 0.1) is 17.8 Å². The Labute approximate surface area is 84.9 Å². The van der Waals surface area contributed by atoms with E-state index in [0.717, 1.165) is 11.4 Å². The summed E-state index contributed by atoms with van der Waals surface area (Å²) in [5.41, 5.74) is 1.25. The fourth-order valence-electron chi connectivity index (χ4n) is 1.31. The largest absolute Gasteiger partial charge is 0.106 e. The fourth-order valence-corrected chi connectivity index (χ4v) is 1.53. The molecular formula is C12H13Cl. The van der Waals surface area contributed by atoms with Gasteiger partial charge in [0.15, 0.2) is 0 Å². The van der Waals surface area contributed by atoms with Crippen molar-refractivity contribution >= 4 is 11.6 Å². The third-order valence-electron chi connectivity index (χ3n) is 1.82. The summed E-state index contributed by atoms with van der Waals surface area (Å²) in [6, 6.07) is 7.94. The maximum atomic E-state index is 5.87. The van der Waals surface area contributed by atoms with Crippen molar-refractivity contribution in [3.63, 3.8) is 0 Å². The van der Waals surface area contributed by atoms with Crippen LogP contribution in [0.25, 0.3) is 0 Å². The molecule has 1 aromatic carbocycles. The fraction of sp³-hybridized carbons (Fsp3) is 0.333. The summed E-state index contributed by atoms with van der Waals surface area (Å²) in [5, 5.41) is 0.800. The van der Waals surface area contributed by atoms with E-state index in [-0.39, 0.29) is 0 Å². The highest BCUT2D eigenvalue weighted by Gasteiger charge is 1.99. The molecule has 68 valence electrons. The van der Waals surface area contributed by atoms with Crippen molar-refractivity contribution in [2.45, 2.75) is 20.3 Å². The Morgan fingerprint density at radius 3 is 2.85 bits per heavy atom. The summed E-state index contributed by atoms with van der Waals surface area (Å²) in [5.74, 6) is 6.45. The molecule has 1 unspecified atom stereocenters. The van der Waals surface area contributed by atoms with E-state index in [4.69, 9.17) is 11.6 Å². The van der Waals surface area contributed by atoms with Gasteiger partial charge in [-0.1, -0.05) is 30.7 Å². The molecule has 1 heteroatoms. The average Bonchev–Trinajstić information content (AvgIpc) is 2.04. The first-order valence-electron chi connectivity index (χ1n) is 4.39. The van der Waals surface area contributed by atoms with Crippen molar-refractivity contribution in [2.75, 3.05) is 0 Å². The van der Waals surface area contributed by atoms with Crippen molar-refractivity contribution in [3.05, 3.63) is 34.9 Å².